The predicted molar refractivity (Wildman–Crippen MR) is 80.0 cm³/mol. The van der Waals surface area contributed by atoms with Crippen molar-refractivity contribution in [1.82, 2.24) is 10.6 Å². The van der Waals surface area contributed by atoms with Gasteiger partial charge in [-0.05, 0) is 42.2 Å². The van der Waals surface area contributed by atoms with Crippen molar-refractivity contribution in [2.24, 2.45) is 0 Å². The van der Waals surface area contributed by atoms with Crippen LogP contribution < -0.4 is 10.6 Å². The second-order valence-electron chi connectivity index (χ2n) is 4.74. The number of carbonyl (C=O) groups is 2. The smallest absolute Gasteiger partial charge is 0.315 e. The lowest BCUT2D eigenvalue weighted by molar-refractivity contribution is -0.137. The van der Waals surface area contributed by atoms with Crippen LogP contribution in [-0.4, -0.2) is 23.7 Å². The molecule has 0 saturated carbocycles. The summed E-state index contributed by atoms with van der Waals surface area (Å²) < 4.78 is 0. The number of carboxylic acid groups (broad SMARTS) is 1. The van der Waals surface area contributed by atoms with Crippen LogP contribution in [0.4, 0.5) is 4.79 Å². The molecule has 0 bridgehead atoms. The molecule has 0 aliphatic rings. The van der Waals surface area contributed by atoms with Crippen LogP contribution in [-0.2, 0) is 4.79 Å². The Morgan fingerprint density at radius 2 is 2.05 bits per heavy atom. The van der Waals surface area contributed by atoms with Crippen molar-refractivity contribution in [2.45, 2.75) is 45.1 Å². The van der Waals surface area contributed by atoms with Crippen LogP contribution in [0, 0.1) is 0 Å². The molecule has 0 saturated heterocycles. The minimum absolute atomic E-state index is 0.0109. The minimum atomic E-state index is -0.745. The number of hydrogen-bond donors (Lipinski definition) is 3. The number of urea groups is 1. The lowest BCUT2D eigenvalue weighted by atomic mass is 10.1. The fourth-order valence-electron chi connectivity index (χ4n) is 1.81. The Kier molecular flexibility index (Phi) is 7.72. The highest BCUT2D eigenvalue weighted by Crippen LogP contribution is 2.15. The fourth-order valence-corrected chi connectivity index (χ4v) is 2.56. The standard InChI is InChI=1S/C14H22N2O3S/c1-11(12-7-9-20-10-12)16-14(19)15-8-5-3-2-4-6-13(17)18/h7,9-11H,2-6,8H2,1H3,(H,17,18)(H2,15,16,19). The summed E-state index contributed by atoms with van der Waals surface area (Å²) >= 11 is 1.61. The SMILES string of the molecule is CC(NC(=O)NCCCCCCC(=O)O)c1ccsc1. The molecule has 3 N–H and O–H groups in total. The van der Waals surface area contributed by atoms with E-state index in [1.54, 1.807) is 11.3 Å². The molecule has 1 aromatic heterocycles. The van der Waals surface area contributed by atoms with E-state index in [9.17, 15) is 9.59 Å². The molecule has 1 heterocycles. The first kappa shape index (κ1) is 16.5. The van der Waals surface area contributed by atoms with Crippen LogP contribution in [0.1, 0.15) is 50.6 Å². The number of aliphatic carboxylic acids is 1. The summed E-state index contributed by atoms with van der Waals surface area (Å²) in [7, 11) is 0. The Labute approximate surface area is 123 Å². The van der Waals surface area contributed by atoms with E-state index in [0.29, 0.717) is 13.0 Å². The van der Waals surface area contributed by atoms with Crippen LogP contribution >= 0.6 is 11.3 Å². The molecule has 0 radical (unpaired) electrons. The summed E-state index contributed by atoms with van der Waals surface area (Å²) in [4.78, 5) is 21.9. The van der Waals surface area contributed by atoms with Gasteiger partial charge in [-0.25, -0.2) is 4.79 Å². The summed E-state index contributed by atoms with van der Waals surface area (Å²) in [5, 5.41) is 18.2. The van der Waals surface area contributed by atoms with Crippen LogP contribution in [0.25, 0.3) is 0 Å². The normalized spacial score (nSPS) is 11.8. The van der Waals surface area contributed by atoms with Crippen LogP contribution in [0.15, 0.2) is 16.8 Å². The number of nitrogens with one attached hydrogen (secondary N) is 2. The van der Waals surface area contributed by atoms with Crippen LogP contribution in [0.5, 0.6) is 0 Å². The second kappa shape index (κ2) is 9.36. The van der Waals surface area contributed by atoms with Gasteiger partial charge in [0.25, 0.3) is 0 Å². The molecule has 2 amide bonds. The van der Waals surface area contributed by atoms with Gasteiger partial charge in [-0.1, -0.05) is 12.8 Å². The van der Waals surface area contributed by atoms with Gasteiger partial charge in [0.05, 0.1) is 6.04 Å². The molecule has 0 spiro atoms. The van der Waals surface area contributed by atoms with Crippen molar-refractivity contribution >= 4 is 23.3 Å². The van der Waals surface area contributed by atoms with Crippen molar-refractivity contribution in [1.29, 1.82) is 0 Å². The summed E-state index contributed by atoms with van der Waals surface area (Å²) in [6.45, 7) is 2.57. The molecular formula is C14H22N2O3S. The van der Waals surface area contributed by atoms with Crippen molar-refractivity contribution in [3.05, 3.63) is 22.4 Å². The van der Waals surface area contributed by atoms with Gasteiger partial charge in [0, 0.05) is 13.0 Å². The third-order valence-corrected chi connectivity index (χ3v) is 3.70. The first-order valence-corrected chi connectivity index (χ1v) is 7.82. The zero-order valence-electron chi connectivity index (χ0n) is 11.7. The maximum atomic E-state index is 11.6. The maximum Gasteiger partial charge on any atom is 0.315 e. The number of carbonyl (C=O) groups excluding carboxylic acids is 1. The van der Waals surface area contributed by atoms with Crippen LogP contribution in [0.3, 0.4) is 0 Å². The van der Waals surface area contributed by atoms with Gasteiger partial charge in [0.2, 0.25) is 0 Å². The number of hydrogen-bond acceptors (Lipinski definition) is 3. The number of carboxylic acids is 1. The molecule has 0 fully saturated rings. The fraction of sp³-hybridized carbons (Fsp3) is 0.571. The Bertz CT molecular complexity index is 407. The number of rotatable bonds is 9. The average Bonchev–Trinajstić information content (AvgIpc) is 2.91. The van der Waals surface area contributed by atoms with Gasteiger partial charge in [-0.3, -0.25) is 4.79 Å². The second-order valence-corrected chi connectivity index (χ2v) is 5.52. The van der Waals surface area contributed by atoms with Gasteiger partial charge >= 0.3 is 12.0 Å². The lowest BCUT2D eigenvalue weighted by Gasteiger charge is -2.13. The van der Waals surface area contributed by atoms with E-state index in [2.05, 4.69) is 10.6 Å². The number of thiophene rings is 1. The van der Waals surface area contributed by atoms with Crippen molar-refractivity contribution in [3.63, 3.8) is 0 Å². The zero-order valence-corrected chi connectivity index (χ0v) is 12.5. The van der Waals surface area contributed by atoms with E-state index in [-0.39, 0.29) is 18.5 Å². The van der Waals surface area contributed by atoms with Gasteiger partial charge in [-0.15, -0.1) is 0 Å². The lowest BCUT2D eigenvalue weighted by Crippen LogP contribution is -2.37. The number of unbranched alkanes of at least 4 members (excludes halogenated alkanes) is 3. The van der Waals surface area contributed by atoms with Gasteiger partial charge < -0.3 is 15.7 Å². The maximum absolute atomic E-state index is 11.6. The molecule has 6 heteroatoms. The van der Waals surface area contributed by atoms with Gasteiger partial charge in [0.15, 0.2) is 0 Å². The highest BCUT2D eigenvalue weighted by molar-refractivity contribution is 7.07. The predicted octanol–water partition coefficient (Wildman–Crippen LogP) is 3.14. The third-order valence-electron chi connectivity index (χ3n) is 2.99. The highest BCUT2D eigenvalue weighted by Gasteiger charge is 2.08. The summed E-state index contributed by atoms with van der Waals surface area (Å²) in [5.74, 6) is -0.745. The third kappa shape index (κ3) is 7.13. The molecule has 1 atom stereocenters. The average molecular weight is 298 g/mol. The molecule has 0 aliphatic heterocycles. The molecule has 1 rings (SSSR count). The Morgan fingerprint density at radius 1 is 1.30 bits per heavy atom. The van der Waals surface area contributed by atoms with Crippen molar-refractivity contribution in [2.75, 3.05) is 6.54 Å². The quantitative estimate of drug-likeness (QED) is 0.613. The van der Waals surface area contributed by atoms with E-state index < -0.39 is 5.97 Å². The molecule has 0 aliphatic carbocycles. The van der Waals surface area contributed by atoms with E-state index in [0.717, 1.165) is 24.8 Å². The Morgan fingerprint density at radius 3 is 2.70 bits per heavy atom. The van der Waals surface area contributed by atoms with Crippen molar-refractivity contribution < 1.29 is 14.7 Å². The molecular weight excluding hydrogens is 276 g/mol. The van der Waals surface area contributed by atoms with Gasteiger partial charge in [0.1, 0.15) is 0 Å². The first-order valence-electron chi connectivity index (χ1n) is 6.88. The van der Waals surface area contributed by atoms with Crippen LogP contribution in [0.2, 0.25) is 0 Å². The Balaban J connectivity index is 2.02. The molecule has 20 heavy (non-hydrogen) atoms. The molecule has 0 aromatic carbocycles. The van der Waals surface area contributed by atoms with Gasteiger partial charge in [-0.2, -0.15) is 11.3 Å². The molecule has 5 nitrogen and oxygen atoms in total. The summed E-state index contributed by atoms with van der Waals surface area (Å²) in [6.07, 6.45) is 3.64. The highest BCUT2D eigenvalue weighted by atomic mass is 32.1. The van der Waals surface area contributed by atoms with E-state index in [4.69, 9.17) is 5.11 Å². The molecule has 1 unspecified atom stereocenters. The van der Waals surface area contributed by atoms with Crippen molar-refractivity contribution in [3.8, 4) is 0 Å². The zero-order chi connectivity index (χ0) is 14.8. The topological polar surface area (TPSA) is 78.4 Å². The largest absolute Gasteiger partial charge is 0.481 e. The molecule has 112 valence electrons. The first-order chi connectivity index (χ1) is 9.59. The minimum Gasteiger partial charge on any atom is -0.481 e. The van der Waals surface area contributed by atoms with E-state index >= 15 is 0 Å². The monoisotopic (exact) mass is 298 g/mol. The summed E-state index contributed by atoms with van der Waals surface area (Å²) in [6, 6.07) is 1.85. The summed E-state index contributed by atoms with van der Waals surface area (Å²) in [5.41, 5.74) is 1.11. The van der Waals surface area contributed by atoms with E-state index in [1.807, 2.05) is 23.8 Å². The van der Waals surface area contributed by atoms with E-state index in [1.165, 1.54) is 0 Å². The molecule has 1 aromatic rings. The number of amides is 2. The Hall–Kier alpha value is -1.56.